The third-order valence-corrected chi connectivity index (χ3v) is 7.43. The van der Waals surface area contributed by atoms with Crippen LogP contribution in [0.15, 0.2) is 54.6 Å². The lowest BCUT2D eigenvalue weighted by Crippen LogP contribution is -2.49. The minimum Gasteiger partial charge on any atom is -0.354 e. The van der Waals surface area contributed by atoms with Crippen LogP contribution >= 0.6 is 23.2 Å². The Kier molecular flexibility index (Phi) is 8.95. The molecule has 200 valence electrons. The number of benzene rings is 3. The predicted molar refractivity (Wildman–Crippen MR) is 154 cm³/mol. The second-order valence-corrected chi connectivity index (χ2v) is 10.9. The van der Waals surface area contributed by atoms with E-state index in [9.17, 15) is 14.4 Å². The highest BCUT2D eigenvalue weighted by atomic mass is 35.5. The Morgan fingerprint density at radius 2 is 1.79 bits per heavy atom. The van der Waals surface area contributed by atoms with Crippen LogP contribution in [0.5, 0.6) is 0 Å². The summed E-state index contributed by atoms with van der Waals surface area (Å²) in [6, 6.07) is 16.1. The highest BCUT2D eigenvalue weighted by molar-refractivity contribution is 6.35. The molecule has 1 atom stereocenters. The first-order valence-electron chi connectivity index (χ1n) is 13.1. The van der Waals surface area contributed by atoms with Gasteiger partial charge in [0.05, 0.1) is 5.69 Å². The van der Waals surface area contributed by atoms with E-state index >= 15 is 0 Å². The summed E-state index contributed by atoms with van der Waals surface area (Å²) in [5.41, 5.74) is 2.28. The molecule has 4 rings (SSSR count). The zero-order valence-electron chi connectivity index (χ0n) is 22.0. The number of nitrogens with one attached hydrogen (secondary N) is 1. The van der Waals surface area contributed by atoms with E-state index in [1.165, 1.54) is 0 Å². The van der Waals surface area contributed by atoms with Crippen LogP contribution in [0.4, 0.5) is 5.69 Å². The molecule has 0 spiro atoms. The second-order valence-electron chi connectivity index (χ2n) is 10.1. The monoisotopic (exact) mass is 553 g/mol. The average molecular weight is 555 g/mol. The van der Waals surface area contributed by atoms with Crippen molar-refractivity contribution in [2.45, 2.75) is 52.6 Å². The third-order valence-electron chi connectivity index (χ3n) is 6.85. The van der Waals surface area contributed by atoms with Gasteiger partial charge in [0.2, 0.25) is 11.8 Å². The van der Waals surface area contributed by atoms with E-state index in [4.69, 9.17) is 23.2 Å². The first-order chi connectivity index (χ1) is 18.2. The van der Waals surface area contributed by atoms with E-state index in [2.05, 4.69) is 5.32 Å². The van der Waals surface area contributed by atoms with Crippen LogP contribution < -0.4 is 10.2 Å². The van der Waals surface area contributed by atoms with E-state index < -0.39 is 6.04 Å². The summed E-state index contributed by atoms with van der Waals surface area (Å²) >= 11 is 12.5. The Labute approximate surface area is 233 Å². The fourth-order valence-corrected chi connectivity index (χ4v) is 5.38. The van der Waals surface area contributed by atoms with Gasteiger partial charge < -0.3 is 15.1 Å². The molecule has 38 heavy (non-hydrogen) atoms. The first kappa shape index (κ1) is 27.9. The van der Waals surface area contributed by atoms with Crippen molar-refractivity contribution in [3.63, 3.8) is 0 Å². The fraction of sp³-hybridized carbons (Fsp3) is 0.367. The molecular weight excluding hydrogens is 521 g/mol. The molecule has 6 nitrogen and oxygen atoms in total. The van der Waals surface area contributed by atoms with E-state index in [1.807, 2.05) is 57.2 Å². The van der Waals surface area contributed by atoms with Gasteiger partial charge in [0.15, 0.2) is 0 Å². The number of carbonyl (C=O) groups is 3. The Balaban J connectivity index is 1.50. The molecule has 3 amide bonds. The van der Waals surface area contributed by atoms with Crippen LogP contribution in [0.2, 0.25) is 10.0 Å². The molecule has 3 aromatic carbocycles. The van der Waals surface area contributed by atoms with Crippen LogP contribution in [0.1, 0.15) is 56.0 Å². The van der Waals surface area contributed by atoms with Crippen molar-refractivity contribution in [2.75, 3.05) is 18.0 Å². The maximum atomic E-state index is 13.6. The zero-order chi connectivity index (χ0) is 27.4. The number of halogens is 2. The van der Waals surface area contributed by atoms with Gasteiger partial charge in [-0.1, -0.05) is 74.3 Å². The number of hydrogen-bond acceptors (Lipinski definition) is 3. The Morgan fingerprint density at radius 3 is 2.47 bits per heavy atom. The summed E-state index contributed by atoms with van der Waals surface area (Å²) in [6.07, 6.45) is 1.11. The van der Waals surface area contributed by atoms with E-state index in [0.717, 1.165) is 22.0 Å². The largest absolute Gasteiger partial charge is 0.354 e. The number of amides is 3. The molecular formula is C30H33Cl2N3O3. The first-order valence-corrected chi connectivity index (χ1v) is 13.8. The van der Waals surface area contributed by atoms with Crippen molar-refractivity contribution in [1.82, 2.24) is 10.2 Å². The van der Waals surface area contributed by atoms with Crippen LogP contribution in [0, 0.1) is 5.92 Å². The summed E-state index contributed by atoms with van der Waals surface area (Å²) in [7, 11) is 0. The number of hydrogen-bond donors (Lipinski definition) is 1. The average Bonchev–Trinajstić information content (AvgIpc) is 3.16. The molecule has 1 aliphatic heterocycles. The van der Waals surface area contributed by atoms with Gasteiger partial charge in [-0.3, -0.25) is 14.4 Å². The number of anilines is 1. The maximum Gasteiger partial charge on any atom is 0.258 e. The minimum absolute atomic E-state index is 0.0476. The van der Waals surface area contributed by atoms with Gasteiger partial charge in [-0.05, 0) is 54.0 Å². The fourth-order valence-electron chi connectivity index (χ4n) is 4.91. The highest BCUT2D eigenvalue weighted by Crippen LogP contribution is 2.37. The molecule has 0 saturated heterocycles. The zero-order valence-corrected chi connectivity index (χ0v) is 23.5. The lowest BCUT2D eigenvalue weighted by atomic mass is 10.1. The van der Waals surface area contributed by atoms with Gasteiger partial charge in [-0.2, -0.15) is 0 Å². The maximum absolute atomic E-state index is 13.6. The molecule has 0 saturated carbocycles. The van der Waals surface area contributed by atoms with Crippen molar-refractivity contribution in [3.8, 4) is 0 Å². The molecule has 1 unspecified atom stereocenters. The molecule has 3 aromatic rings. The van der Waals surface area contributed by atoms with E-state index in [0.29, 0.717) is 41.5 Å². The van der Waals surface area contributed by atoms with Gasteiger partial charge in [-0.25, -0.2) is 0 Å². The Bertz CT molecular complexity index is 1350. The van der Waals surface area contributed by atoms with Gasteiger partial charge >= 0.3 is 0 Å². The normalized spacial score (nSPS) is 13.3. The summed E-state index contributed by atoms with van der Waals surface area (Å²) in [4.78, 5) is 43.2. The predicted octanol–water partition coefficient (Wildman–Crippen LogP) is 6.47. The van der Waals surface area contributed by atoms with E-state index in [-0.39, 0.29) is 36.6 Å². The molecule has 1 heterocycles. The highest BCUT2D eigenvalue weighted by Gasteiger charge is 2.31. The van der Waals surface area contributed by atoms with Crippen molar-refractivity contribution < 1.29 is 14.4 Å². The quantitative estimate of drug-likeness (QED) is 0.296. The van der Waals surface area contributed by atoms with Crippen molar-refractivity contribution >= 4 is 57.4 Å². The molecule has 0 bridgehead atoms. The van der Waals surface area contributed by atoms with Crippen molar-refractivity contribution in [1.29, 1.82) is 0 Å². The molecule has 0 aliphatic carbocycles. The van der Waals surface area contributed by atoms with Crippen molar-refractivity contribution in [2.24, 2.45) is 5.92 Å². The SMILES string of the molecule is CCC(C(=O)NCC(C)C)N(Cc1ccc(Cl)cc1Cl)C(=O)CCCN1C(=O)c2cccc3cccc1c23. The van der Waals surface area contributed by atoms with Crippen molar-refractivity contribution in [3.05, 3.63) is 75.8 Å². The molecule has 0 radical (unpaired) electrons. The standard InChI is InChI=1S/C30H33Cl2N3O3/c1-4-25(29(37)33-17-19(2)3)35(18-21-13-14-22(31)16-24(21)32)27(36)12-7-15-34-26-11-6-9-20-8-5-10-23(28(20)26)30(34)38/h5-6,8-11,13-14,16,19,25H,4,7,12,15,17-18H2,1-3H3,(H,33,37). The van der Waals surface area contributed by atoms with Crippen LogP contribution in [0.3, 0.4) is 0 Å². The molecule has 0 aromatic heterocycles. The summed E-state index contributed by atoms with van der Waals surface area (Å²) in [6.45, 7) is 7.07. The summed E-state index contributed by atoms with van der Waals surface area (Å²) in [5.74, 6) is -0.104. The summed E-state index contributed by atoms with van der Waals surface area (Å²) < 4.78 is 0. The van der Waals surface area contributed by atoms with Gasteiger partial charge in [0, 0.05) is 47.1 Å². The van der Waals surface area contributed by atoms with E-state index in [1.54, 1.807) is 28.0 Å². The van der Waals surface area contributed by atoms with Crippen LogP contribution in [0.25, 0.3) is 10.8 Å². The number of carbonyl (C=O) groups excluding carboxylic acids is 3. The number of rotatable bonds is 11. The molecule has 0 fully saturated rings. The molecule has 1 aliphatic rings. The number of nitrogens with zero attached hydrogens (tertiary/aromatic N) is 2. The minimum atomic E-state index is -0.639. The second kappa shape index (κ2) is 12.2. The molecule has 1 N–H and O–H groups in total. The summed E-state index contributed by atoms with van der Waals surface area (Å²) in [5, 5.41) is 5.90. The Hall–Kier alpha value is -3.09. The lowest BCUT2D eigenvalue weighted by molar-refractivity contribution is -0.141. The third kappa shape index (κ3) is 5.97. The van der Waals surface area contributed by atoms with Crippen LogP contribution in [-0.4, -0.2) is 41.8 Å². The topological polar surface area (TPSA) is 69.7 Å². The Morgan fingerprint density at radius 1 is 1.05 bits per heavy atom. The van der Waals surface area contributed by atoms with Gasteiger partial charge in [-0.15, -0.1) is 0 Å². The van der Waals surface area contributed by atoms with Gasteiger partial charge in [0.25, 0.3) is 5.91 Å². The smallest absolute Gasteiger partial charge is 0.258 e. The lowest BCUT2D eigenvalue weighted by Gasteiger charge is -2.31. The van der Waals surface area contributed by atoms with Crippen LogP contribution in [-0.2, 0) is 16.1 Å². The molecule has 8 heteroatoms. The van der Waals surface area contributed by atoms with Gasteiger partial charge in [0.1, 0.15) is 6.04 Å².